The number of thioether (sulfide) groups is 1. The summed E-state index contributed by atoms with van der Waals surface area (Å²) in [5.41, 5.74) is 1.66. The molecular formula is C22H21ClN4O2S. The second-order valence-corrected chi connectivity index (χ2v) is 8.80. The van der Waals surface area contributed by atoms with Gasteiger partial charge in [-0.15, -0.1) is 0 Å². The Morgan fingerprint density at radius 2 is 1.93 bits per heavy atom. The molecule has 0 aliphatic heterocycles. The van der Waals surface area contributed by atoms with Crippen LogP contribution < -0.4 is 5.56 Å². The van der Waals surface area contributed by atoms with Crippen LogP contribution in [0.3, 0.4) is 0 Å². The number of hydrogen-bond acceptors (Lipinski definition) is 6. The highest BCUT2D eigenvalue weighted by molar-refractivity contribution is 7.98. The van der Waals surface area contributed by atoms with Crippen molar-refractivity contribution >= 4 is 34.3 Å². The van der Waals surface area contributed by atoms with Crippen molar-refractivity contribution in [1.82, 2.24) is 19.7 Å². The van der Waals surface area contributed by atoms with Gasteiger partial charge in [-0.1, -0.05) is 72.7 Å². The van der Waals surface area contributed by atoms with Crippen LogP contribution >= 0.6 is 23.4 Å². The molecule has 0 unspecified atom stereocenters. The van der Waals surface area contributed by atoms with Gasteiger partial charge in [0.15, 0.2) is 11.0 Å². The highest BCUT2D eigenvalue weighted by Crippen LogP contribution is 2.24. The quantitative estimate of drug-likeness (QED) is 0.298. The molecule has 2 aromatic heterocycles. The first-order chi connectivity index (χ1) is 14.5. The lowest BCUT2D eigenvalue weighted by Crippen LogP contribution is -2.25. The van der Waals surface area contributed by atoms with Crippen molar-refractivity contribution in [3.05, 3.63) is 81.2 Å². The van der Waals surface area contributed by atoms with Crippen LogP contribution in [-0.2, 0) is 18.7 Å². The Morgan fingerprint density at radius 3 is 2.70 bits per heavy atom. The third kappa shape index (κ3) is 4.74. The maximum absolute atomic E-state index is 13.1. The van der Waals surface area contributed by atoms with E-state index in [-0.39, 0.29) is 5.56 Å². The van der Waals surface area contributed by atoms with Crippen LogP contribution in [0.25, 0.3) is 10.9 Å². The summed E-state index contributed by atoms with van der Waals surface area (Å²) >= 11 is 7.50. The predicted octanol–water partition coefficient (Wildman–Crippen LogP) is 4.97. The van der Waals surface area contributed by atoms with Crippen molar-refractivity contribution in [2.45, 2.75) is 37.7 Å². The molecule has 0 N–H and O–H groups in total. The topological polar surface area (TPSA) is 73.8 Å². The molecule has 6 nitrogen and oxygen atoms in total. The maximum Gasteiger partial charge on any atom is 0.262 e. The van der Waals surface area contributed by atoms with Crippen LogP contribution in [0.15, 0.2) is 63.0 Å². The summed E-state index contributed by atoms with van der Waals surface area (Å²) in [5.74, 6) is 1.87. The zero-order chi connectivity index (χ0) is 21.1. The van der Waals surface area contributed by atoms with Gasteiger partial charge in [-0.2, -0.15) is 4.98 Å². The minimum Gasteiger partial charge on any atom is -0.338 e. The Balaban J connectivity index is 1.57. The predicted molar refractivity (Wildman–Crippen MR) is 119 cm³/mol. The molecule has 0 aliphatic rings. The maximum atomic E-state index is 13.1. The van der Waals surface area contributed by atoms with E-state index in [4.69, 9.17) is 21.1 Å². The van der Waals surface area contributed by atoms with Gasteiger partial charge < -0.3 is 4.52 Å². The van der Waals surface area contributed by atoms with E-state index in [0.29, 0.717) is 57.4 Å². The van der Waals surface area contributed by atoms with Crippen molar-refractivity contribution in [3.8, 4) is 0 Å². The molecule has 2 heterocycles. The fourth-order valence-corrected chi connectivity index (χ4v) is 4.15. The van der Waals surface area contributed by atoms with E-state index >= 15 is 0 Å². The first kappa shape index (κ1) is 20.6. The summed E-state index contributed by atoms with van der Waals surface area (Å²) in [6.45, 7) is 4.70. The van der Waals surface area contributed by atoms with Gasteiger partial charge in [-0.3, -0.25) is 9.36 Å². The summed E-state index contributed by atoms with van der Waals surface area (Å²) in [4.78, 5) is 22.2. The Kier molecular flexibility index (Phi) is 6.20. The first-order valence-corrected chi connectivity index (χ1v) is 11.0. The third-order valence-electron chi connectivity index (χ3n) is 4.47. The summed E-state index contributed by atoms with van der Waals surface area (Å²) < 4.78 is 7.10. The van der Waals surface area contributed by atoms with Crippen LogP contribution in [0.4, 0.5) is 0 Å². The number of nitrogens with zero attached hydrogens (tertiary/aromatic N) is 4. The minimum absolute atomic E-state index is 0.0889. The number of fused-ring (bicyclic) bond motifs is 1. The van der Waals surface area contributed by atoms with Crippen molar-refractivity contribution in [2.24, 2.45) is 5.92 Å². The second-order valence-electron chi connectivity index (χ2n) is 7.42. The van der Waals surface area contributed by atoms with Crippen molar-refractivity contribution in [2.75, 3.05) is 0 Å². The van der Waals surface area contributed by atoms with Gasteiger partial charge in [-0.25, -0.2) is 4.98 Å². The molecule has 4 aromatic rings. The standard InChI is InChI=1S/C22H21ClN4O2S/c1-14(2)12-27-21(28)17-11-16(23)8-9-18(17)24-22(27)30-13-20-25-19(26-29-20)10-15-6-4-3-5-7-15/h3-9,11,14H,10,12-13H2,1-2H3. The van der Waals surface area contributed by atoms with E-state index in [0.717, 1.165) is 5.56 Å². The van der Waals surface area contributed by atoms with Gasteiger partial charge in [0.25, 0.3) is 5.56 Å². The number of rotatable bonds is 7. The Morgan fingerprint density at radius 1 is 1.13 bits per heavy atom. The normalized spacial score (nSPS) is 11.5. The van der Waals surface area contributed by atoms with Crippen LogP contribution in [0.5, 0.6) is 0 Å². The van der Waals surface area contributed by atoms with Gasteiger partial charge in [0, 0.05) is 18.0 Å². The van der Waals surface area contributed by atoms with Gasteiger partial charge >= 0.3 is 0 Å². The van der Waals surface area contributed by atoms with E-state index in [1.165, 1.54) is 11.8 Å². The van der Waals surface area contributed by atoms with Crippen molar-refractivity contribution < 1.29 is 4.52 Å². The van der Waals surface area contributed by atoms with Crippen LogP contribution in [0.2, 0.25) is 5.02 Å². The van der Waals surface area contributed by atoms with Gasteiger partial charge in [0.1, 0.15) is 0 Å². The summed E-state index contributed by atoms with van der Waals surface area (Å²) in [6, 6.07) is 15.2. The third-order valence-corrected chi connectivity index (χ3v) is 5.67. The first-order valence-electron chi connectivity index (χ1n) is 9.68. The average Bonchev–Trinajstić information content (AvgIpc) is 3.17. The molecule has 8 heteroatoms. The van der Waals surface area contributed by atoms with Crippen LogP contribution in [0, 0.1) is 5.92 Å². The Bertz CT molecular complexity index is 1220. The molecule has 0 saturated heterocycles. The van der Waals surface area contributed by atoms with Gasteiger partial charge in [0.05, 0.1) is 16.7 Å². The number of halogens is 1. The molecule has 2 aromatic carbocycles. The summed E-state index contributed by atoms with van der Waals surface area (Å²) in [6.07, 6.45) is 0.613. The molecule has 154 valence electrons. The van der Waals surface area contributed by atoms with E-state index in [2.05, 4.69) is 24.0 Å². The van der Waals surface area contributed by atoms with Gasteiger partial charge in [-0.05, 0) is 29.7 Å². The minimum atomic E-state index is -0.0889. The SMILES string of the molecule is CC(C)Cn1c(SCc2nc(Cc3ccccc3)no2)nc2ccc(Cl)cc2c1=O. The molecule has 0 aliphatic carbocycles. The monoisotopic (exact) mass is 440 g/mol. The van der Waals surface area contributed by atoms with E-state index in [1.807, 2.05) is 30.3 Å². The zero-order valence-corrected chi connectivity index (χ0v) is 18.3. The smallest absolute Gasteiger partial charge is 0.262 e. The lowest BCUT2D eigenvalue weighted by atomic mass is 10.1. The Hall–Kier alpha value is -2.64. The molecular weight excluding hydrogens is 420 g/mol. The fourth-order valence-electron chi connectivity index (χ4n) is 3.13. The molecule has 0 fully saturated rings. The van der Waals surface area contributed by atoms with Crippen molar-refractivity contribution in [3.63, 3.8) is 0 Å². The van der Waals surface area contributed by atoms with Crippen LogP contribution in [0.1, 0.15) is 31.1 Å². The molecule has 0 saturated carbocycles. The highest BCUT2D eigenvalue weighted by Gasteiger charge is 2.15. The molecule has 4 rings (SSSR count). The molecule has 30 heavy (non-hydrogen) atoms. The second kappa shape index (κ2) is 9.02. The van der Waals surface area contributed by atoms with Crippen molar-refractivity contribution in [1.29, 1.82) is 0 Å². The molecule has 0 bridgehead atoms. The lowest BCUT2D eigenvalue weighted by Gasteiger charge is -2.14. The summed E-state index contributed by atoms with van der Waals surface area (Å²) in [5, 5.41) is 5.75. The largest absolute Gasteiger partial charge is 0.338 e. The zero-order valence-electron chi connectivity index (χ0n) is 16.7. The number of benzene rings is 2. The Labute approximate surface area is 183 Å². The molecule has 0 atom stereocenters. The molecule has 0 spiro atoms. The van der Waals surface area contributed by atoms with E-state index in [9.17, 15) is 4.79 Å². The summed E-state index contributed by atoms with van der Waals surface area (Å²) in [7, 11) is 0. The number of aromatic nitrogens is 4. The fraction of sp³-hybridized carbons (Fsp3) is 0.273. The van der Waals surface area contributed by atoms with Gasteiger partial charge in [0.2, 0.25) is 5.89 Å². The number of hydrogen-bond donors (Lipinski definition) is 0. The van der Waals surface area contributed by atoms with E-state index in [1.54, 1.807) is 22.8 Å². The van der Waals surface area contributed by atoms with E-state index < -0.39 is 0 Å². The molecule has 0 radical (unpaired) electrons. The lowest BCUT2D eigenvalue weighted by molar-refractivity contribution is 0.385. The molecule has 0 amide bonds. The highest BCUT2D eigenvalue weighted by atomic mass is 35.5. The van der Waals surface area contributed by atoms with Crippen LogP contribution in [-0.4, -0.2) is 19.7 Å². The average molecular weight is 441 g/mol.